The van der Waals surface area contributed by atoms with Gasteiger partial charge < -0.3 is 5.32 Å². The second kappa shape index (κ2) is 8.75. The van der Waals surface area contributed by atoms with Crippen molar-refractivity contribution < 1.29 is 4.79 Å². The van der Waals surface area contributed by atoms with Gasteiger partial charge in [0.05, 0.1) is 12.7 Å². The van der Waals surface area contributed by atoms with Crippen LogP contribution in [0, 0.1) is 5.92 Å². The number of rotatable bonds is 6. The van der Waals surface area contributed by atoms with Crippen LogP contribution in [-0.2, 0) is 11.3 Å². The van der Waals surface area contributed by atoms with E-state index in [0.717, 1.165) is 12.0 Å². The van der Waals surface area contributed by atoms with E-state index in [4.69, 9.17) is 0 Å². The summed E-state index contributed by atoms with van der Waals surface area (Å²) in [5, 5.41) is 11.5. The van der Waals surface area contributed by atoms with Crippen molar-refractivity contribution in [3.8, 4) is 0 Å². The predicted octanol–water partition coefficient (Wildman–Crippen LogP) is 4.75. The Morgan fingerprint density at radius 2 is 1.56 bits per heavy atom. The van der Waals surface area contributed by atoms with Crippen LogP contribution < -0.4 is 5.32 Å². The van der Waals surface area contributed by atoms with E-state index in [1.807, 2.05) is 24.4 Å². The van der Waals surface area contributed by atoms with Gasteiger partial charge in [-0.15, -0.1) is 5.10 Å². The Labute approximate surface area is 199 Å². The minimum Gasteiger partial charge on any atom is -0.352 e. The fourth-order valence-corrected chi connectivity index (χ4v) is 5.65. The summed E-state index contributed by atoms with van der Waals surface area (Å²) in [6.45, 7) is 1.31. The van der Waals surface area contributed by atoms with Crippen molar-refractivity contribution in [3.63, 3.8) is 0 Å². The summed E-state index contributed by atoms with van der Waals surface area (Å²) >= 11 is 0. The lowest BCUT2D eigenvalue weighted by Crippen LogP contribution is -2.38. The molecule has 3 aliphatic rings. The molecule has 1 heterocycles. The van der Waals surface area contributed by atoms with Crippen LogP contribution >= 0.6 is 0 Å². The number of nitrogens with one attached hydrogen (secondary N) is 1. The summed E-state index contributed by atoms with van der Waals surface area (Å²) in [5.41, 5.74) is 7.57. The molecule has 1 atom stereocenters. The predicted molar refractivity (Wildman–Crippen MR) is 132 cm³/mol. The van der Waals surface area contributed by atoms with E-state index in [2.05, 4.69) is 76.3 Å². The molecule has 7 rings (SSSR count). The molecule has 0 aliphatic heterocycles. The third-order valence-electron chi connectivity index (χ3n) is 7.11. The fourth-order valence-electron chi connectivity index (χ4n) is 5.65. The molecule has 0 radical (unpaired) electrons. The lowest BCUT2D eigenvalue weighted by atomic mass is 9.59. The van der Waals surface area contributed by atoms with Gasteiger partial charge in [0.25, 0.3) is 0 Å². The molecule has 3 aromatic carbocycles. The van der Waals surface area contributed by atoms with E-state index in [-0.39, 0.29) is 5.91 Å². The Balaban J connectivity index is 1.11. The molecular formula is C29H26N4O. The first-order chi connectivity index (χ1) is 16.8. The SMILES string of the molecule is O=C(/C=C/c1cn(Cc2ccccc2)nn1)NCC1CC2c3ccccc3C1c1ccccc12. The Hall–Kier alpha value is -3.99. The molecule has 168 valence electrons. The number of fused-ring (bicyclic) bond motifs is 1. The van der Waals surface area contributed by atoms with Crippen LogP contribution in [0.15, 0.2) is 91.1 Å². The highest BCUT2D eigenvalue weighted by Crippen LogP contribution is 2.55. The third kappa shape index (κ3) is 3.83. The van der Waals surface area contributed by atoms with Crippen LogP contribution in [0.4, 0.5) is 0 Å². The van der Waals surface area contributed by atoms with Gasteiger partial charge in [-0.05, 0) is 46.2 Å². The van der Waals surface area contributed by atoms with Gasteiger partial charge in [-0.2, -0.15) is 0 Å². The first-order valence-corrected chi connectivity index (χ1v) is 11.8. The van der Waals surface area contributed by atoms with Gasteiger partial charge in [-0.3, -0.25) is 4.79 Å². The second-order valence-corrected chi connectivity index (χ2v) is 9.19. The van der Waals surface area contributed by atoms with Crippen LogP contribution in [0.5, 0.6) is 0 Å². The Bertz CT molecular complexity index is 1310. The zero-order valence-electron chi connectivity index (χ0n) is 18.8. The van der Waals surface area contributed by atoms with E-state index in [1.165, 1.54) is 22.3 Å². The lowest BCUT2D eigenvalue weighted by molar-refractivity contribution is -0.116. The standard InChI is InChI=1S/C29H26N4O/c34-28(15-14-22-19-33(32-31-22)18-20-8-2-1-3-9-20)30-17-21-16-27-23-10-4-6-12-25(23)29(21)26-13-7-5-11-24(26)27/h1-15,19,21,27,29H,16-18H2,(H,30,34)/b15-14+. The highest BCUT2D eigenvalue weighted by molar-refractivity contribution is 5.91. The molecule has 1 amide bonds. The largest absolute Gasteiger partial charge is 0.352 e. The Kier molecular flexibility index (Phi) is 5.30. The van der Waals surface area contributed by atoms with Gasteiger partial charge in [0, 0.05) is 24.5 Å². The van der Waals surface area contributed by atoms with Crippen LogP contribution in [-0.4, -0.2) is 27.4 Å². The minimum atomic E-state index is -0.0966. The average Bonchev–Trinajstić information content (AvgIpc) is 3.34. The van der Waals surface area contributed by atoms with Crippen molar-refractivity contribution >= 4 is 12.0 Å². The van der Waals surface area contributed by atoms with E-state index in [9.17, 15) is 4.79 Å². The summed E-state index contributed by atoms with van der Waals surface area (Å²) in [5.74, 6) is 1.04. The molecule has 0 fully saturated rings. The first-order valence-electron chi connectivity index (χ1n) is 11.8. The topological polar surface area (TPSA) is 59.8 Å². The van der Waals surface area contributed by atoms with Crippen molar-refractivity contribution in [2.24, 2.45) is 5.92 Å². The fraction of sp³-hybridized carbons (Fsp3) is 0.207. The van der Waals surface area contributed by atoms with Gasteiger partial charge >= 0.3 is 0 Å². The average molecular weight is 447 g/mol. The maximum Gasteiger partial charge on any atom is 0.244 e. The summed E-state index contributed by atoms with van der Waals surface area (Å²) < 4.78 is 1.78. The van der Waals surface area contributed by atoms with E-state index < -0.39 is 0 Å². The number of benzene rings is 3. The molecule has 4 aromatic rings. The molecule has 34 heavy (non-hydrogen) atoms. The Morgan fingerprint density at radius 1 is 0.912 bits per heavy atom. The second-order valence-electron chi connectivity index (χ2n) is 9.19. The van der Waals surface area contributed by atoms with E-state index in [1.54, 1.807) is 16.8 Å². The molecule has 1 aromatic heterocycles. The summed E-state index contributed by atoms with van der Waals surface area (Å²) in [4.78, 5) is 12.6. The molecule has 5 heteroatoms. The molecule has 0 saturated heterocycles. The molecule has 3 aliphatic carbocycles. The van der Waals surface area contributed by atoms with Crippen molar-refractivity contribution in [2.75, 3.05) is 6.54 Å². The molecular weight excluding hydrogens is 420 g/mol. The van der Waals surface area contributed by atoms with Crippen molar-refractivity contribution in [2.45, 2.75) is 24.8 Å². The quantitative estimate of drug-likeness (QED) is 0.435. The van der Waals surface area contributed by atoms with Crippen LogP contribution in [0.3, 0.4) is 0 Å². The number of hydrogen-bond donors (Lipinski definition) is 1. The maximum absolute atomic E-state index is 12.6. The number of nitrogens with zero attached hydrogens (tertiary/aromatic N) is 3. The number of aromatic nitrogens is 3. The molecule has 0 saturated carbocycles. The summed E-state index contributed by atoms with van der Waals surface area (Å²) in [6.07, 6.45) is 6.20. The van der Waals surface area contributed by atoms with Crippen LogP contribution in [0.1, 0.15) is 51.8 Å². The highest BCUT2D eigenvalue weighted by atomic mass is 16.1. The lowest BCUT2D eigenvalue weighted by Gasteiger charge is -2.45. The van der Waals surface area contributed by atoms with Crippen molar-refractivity contribution in [1.29, 1.82) is 0 Å². The highest BCUT2D eigenvalue weighted by Gasteiger charge is 2.42. The van der Waals surface area contributed by atoms with Crippen LogP contribution in [0.25, 0.3) is 6.08 Å². The monoisotopic (exact) mass is 446 g/mol. The third-order valence-corrected chi connectivity index (χ3v) is 7.11. The van der Waals surface area contributed by atoms with Crippen molar-refractivity contribution in [1.82, 2.24) is 20.3 Å². The van der Waals surface area contributed by atoms with Crippen LogP contribution in [0.2, 0.25) is 0 Å². The Morgan fingerprint density at radius 3 is 2.26 bits per heavy atom. The summed E-state index contributed by atoms with van der Waals surface area (Å²) in [6, 6.07) is 27.7. The molecule has 0 spiro atoms. The molecule has 1 N–H and O–H groups in total. The van der Waals surface area contributed by atoms with Crippen molar-refractivity contribution in [3.05, 3.63) is 125 Å². The van der Waals surface area contributed by atoms with Gasteiger partial charge in [0.15, 0.2) is 0 Å². The van der Waals surface area contributed by atoms with Gasteiger partial charge in [0.1, 0.15) is 5.69 Å². The number of carbonyl (C=O) groups is 1. The van der Waals surface area contributed by atoms with E-state index in [0.29, 0.717) is 36.5 Å². The normalized spacial score (nSPS) is 20.2. The summed E-state index contributed by atoms with van der Waals surface area (Å²) in [7, 11) is 0. The van der Waals surface area contributed by atoms with Gasteiger partial charge in [-0.1, -0.05) is 84.1 Å². The number of hydrogen-bond acceptors (Lipinski definition) is 3. The molecule has 5 nitrogen and oxygen atoms in total. The number of carbonyl (C=O) groups excluding carboxylic acids is 1. The van der Waals surface area contributed by atoms with E-state index >= 15 is 0 Å². The number of amides is 1. The molecule has 2 bridgehead atoms. The minimum absolute atomic E-state index is 0.0966. The zero-order valence-corrected chi connectivity index (χ0v) is 18.8. The first kappa shape index (κ1) is 20.6. The molecule has 1 unspecified atom stereocenters. The smallest absolute Gasteiger partial charge is 0.244 e. The zero-order chi connectivity index (χ0) is 22.9. The van der Waals surface area contributed by atoms with Gasteiger partial charge in [0.2, 0.25) is 5.91 Å². The van der Waals surface area contributed by atoms with Gasteiger partial charge in [-0.25, -0.2) is 4.68 Å². The maximum atomic E-state index is 12.6.